The fourth-order valence-corrected chi connectivity index (χ4v) is 2.40. The number of hydrogen-bond donors (Lipinski definition) is 0. The van der Waals surface area contributed by atoms with E-state index >= 15 is 0 Å². The van der Waals surface area contributed by atoms with E-state index in [9.17, 15) is 9.59 Å². The van der Waals surface area contributed by atoms with Crippen LogP contribution in [0.2, 0.25) is 0 Å². The van der Waals surface area contributed by atoms with Crippen molar-refractivity contribution >= 4 is 18.0 Å². The average Bonchev–Trinajstić information content (AvgIpc) is 2.70. The van der Waals surface area contributed by atoms with Crippen molar-refractivity contribution in [1.82, 2.24) is 0 Å². The monoisotopic (exact) mass is 388 g/mol. The third-order valence-corrected chi connectivity index (χ3v) is 4.23. The summed E-state index contributed by atoms with van der Waals surface area (Å²) in [6.07, 6.45) is 7.77. The minimum absolute atomic E-state index is 0.00555. The van der Waals surface area contributed by atoms with Crippen LogP contribution in [0.25, 0.3) is 6.08 Å². The molecule has 0 aliphatic carbocycles. The first-order chi connectivity index (χ1) is 13.5. The van der Waals surface area contributed by atoms with Crippen LogP contribution in [-0.2, 0) is 19.1 Å². The third-order valence-electron chi connectivity index (χ3n) is 4.23. The number of benzene rings is 1. The van der Waals surface area contributed by atoms with Crippen LogP contribution in [-0.4, -0.2) is 31.8 Å². The molecule has 0 radical (unpaired) electrons. The summed E-state index contributed by atoms with van der Waals surface area (Å²) >= 11 is 0. The number of hydrogen-bond acceptors (Lipinski definition) is 5. The summed E-state index contributed by atoms with van der Waals surface area (Å²) in [5.74, 6) is 0.427. The summed E-state index contributed by atoms with van der Waals surface area (Å²) in [6.45, 7) is 10.2. The Hall–Kier alpha value is -2.56. The first-order valence-electron chi connectivity index (χ1n) is 9.86. The maximum Gasteiger partial charge on any atom is 0.333 e. The van der Waals surface area contributed by atoms with Gasteiger partial charge in [0.1, 0.15) is 19.0 Å². The zero-order valence-electron chi connectivity index (χ0n) is 17.2. The van der Waals surface area contributed by atoms with Gasteiger partial charge in [0.15, 0.2) is 0 Å². The Labute approximate surface area is 168 Å². The van der Waals surface area contributed by atoms with Gasteiger partial charge in [-0.25, -0.2) is 9.59 Å². The summed E-state index contributed by atoms with van der Waals surface area (Å²) < 4.78 is 15.7. The normalized spacial score (nSPS) is 11.8. The van der Waals surface area contributed by atoms with Crippen molar-refractivity contribution in [2.24, 2.45) is 5.92 Å². The topological polar surface area (TPSA) is 61.8 Å². The summed E-state index contributed by atoms with van der Waals surface area (Å²) in [7, 11) is 0. The van der Waals surface area contributed by atoms with Crippen LogP contribution < -0.4 is 4.74 Å². The molecule has 0 bridgehead atoms. The molecule has 0 heterocycles. The molecule has 5 nitrogen and oxygen atoms in total. The predicted octanol–water partition coefficient (Wildman–Crippen LogP) is 4.96. The summed E-state index contributed by atoms with van der Waals surface area (Å²) in [6, 6.07) is 7.57. The lowest BCUT2D eigenvalue weighted by molar-refractivity contribution is -0.146. The zero-order valence-corrected chi connectivity index (χ0v) is 17.2. The minimum Gasteiger partial charge on any atom is -0.493 e. The van der Waals surface area contributed by atoms with E-state index in [2.05, 4.69) is 20.4 Å². The van der Waals surface area contributed by atoms with Crippen LogP contribution >= 0.6 is 0 Å². The number of carbonyl (C=O) groups is 2. The van der Waals surface area contributed by atoms with E-state index in [1.165, 1.54) is 25.3 Å². The molecule has 0 amide bonds. The molecule has 0 saturated carbocycles. The molecule has 1 atom stereocenters. The van der Waals surface area contributed by atoms with Crippen molar-refractivity contribution in [3.05, 3.63) is 48.1 Å². The van der Waals surface area contributed by atoms with Gasteiger partial charge in [0.2, 0.25) is 0 Å². The Bertz CT molecular complexity index is 645. The first kappa shape index (κ1) is 23.5. The molecular formula is C23H32O5. The smallest absolute Gasteiger partial charge is 0.333 e. The highest BCUT2D eigenvalue weighted by Crippen LogP contribution is 2.17. The Morgan fingerprint density at radius 3 is 2.39 bits per heavy atom. The molecule has 154 valence electrons. The average molecular weight is 389 g/mol. The van der Waals surface area contributed by atoms with E-state index in [0.717, 1.165) is 24.3 Å². The van der Waals surface area contributed by atoms with Crippen molar-refractivity contribution in [2.75, 3.05) is 19.8 Å². The summed E-state index contributed by atoms with van der Waals surface area (Å²) in [5, 5.41) is 0. The van der Waals surface area contributed by atoms with Crippen molar-refractivity contribution in [1.29, 1.82) is 0 Å². The van der Waals surface area contributed by atoms with Crippen molar-refractivity contribution < 1.29 is 23.8 Å². The van der Waals surface area contributed by atoms with Gasteiger partial charge in [-0.05, 0) is 43.0 Å². The van der Waals surface area contributed by atoms with E-state index in [0.29, 0.717) is 11.5 Å². The van der Waals surface area contributed by atoms with E-state index in [4.69, 9.17) is 14.2 Å². The fraction of sp³-hybridized carbons (Fsp3) is 0.478. The zero-order chi connectivity index (χ0) is 20.8. The van der Waals surface area contributed by atoms with Crippen molar-refractivity contribution in [3.63, 3.8) is 0 Å². The lowest BCUT2D eigenvalue weighted by Gasteiger charge is -2.15. The molecular weight excluding hydrogens is 356 g/mol. The second-order valence-electron chi connectivity index (χ2n) is 6.71. The highest BCUT2D eigenvalue weighted by molar-refractivity contribution is 5.87. The number of rotatable bonds is 13. The first-order valence-corrected chi connectivity index (χ1v) is 9.86. The minimum atomic E-state index is -0.496. The van der Waals surface area contributed by atoms with E-state index < -0.39 is 11.9 Å². The second-order valence-corrected chi connectivity index (χ2v) is 6.71. The molecule has 1 rings (SSSR count). The van der Waals surface area contributed by atoms with Crippen LogP contribution in [0, 0.1) is 5.92 Å². The molecule has 1 aromatic rings. The molecule has 1 unspecified atom stereocenters. The Morgan fingerprint density at radius 2 is 1.79 bits per heavy atom. The van der Waals surface area contributed by atoms with Gasteiger partial charge in [0, 0.05) is 11.6 Å². The van der Waals surface area contributed by atoms with Gasteiger partial charge in [-0.2, -0.15) is 0 Å². The second kappa shape index (κ2) is 13.6. The maximum absolute atomic E-state index is 11.7. The number of esters is 2. The molecule has 1 aromatic carbocycles. The fourth-order valence-electron chi connectivity index (χ4n) is 2.40. The predicted molar refractivity (Wildman–Crippen MR) is 111 cm³/mol. The highest BCUT2D eigenvalue weighted by atomic mass is 16.6. The van der Waals surface area contributed by atoms with E-state index in [1.807, 2.05) is 24.3 Å². The lowest BCUT2D eigenvalue weighted by Crippen LogP contribution is -2.12. The molecule has 0 fully saturated rings. The Balaban J connectivity index is 2.35. The van der Waals surface area contributed by atoms with Gasteiger partial charge < -0.3 is 14.2 Å². The van der Waals surface area contributed by atoms with Gasteiger partial charge in [-0.1, -0.05) is 51.8 Å². The molecule has 28 heavy (non-hydrogen) atoms. The van der Waals surface area contributed by atoms with E-state index in [-0.39, 0.29) is 13.2 Å². The summed E-state index contributed by atoms with van der Waals surface area (Å²) in [5.41, 5.74) is 1.18. The molecule has 0 saturated heterocycles. The van der Waals surface area contributed by atoms with Gasteiger partial charge in [0.25, 0.3) is 0 Å². The SMILES string of the molecule is C=C(C)C(=O)OCCOC(=O)/C=C/c1ccc(OCC(CC)CCCC)cc1. The third kappa shape index (κ3) is 9.95. The van der Waals surface area contributed by atoms with E-state index in [1.54, 1.807) is 13.0 Å². The molecule has 5 heteroatoms. The maximum atomic E-state index is 11.7. The van der Waals surface area contributed by atoms with Crippen LogP contribution in [0.1, 0.15) is 52.0 Å². The van der Waals surface area contributed by atoms with Gasteiger partial charge in [-0.3, -0.25) is 0 Å². The van der Waals surface area contributed by atoms with Crippen molar-refractivity contribution in [3.8, 4) is 5.75 Å². The standard InChI is InChI=1S/C23H32O5/c1-5-7-8-19(6-2)17-28-21-12-9-20(10-13-21)11-14-22(24)26-15-16-27-23(25)18(3)4/h9-14,19H,3,5-8,15-17H2,1-2,4H3/b14-11+. The quantitative estimate of drug-likeness (QED) is 0.272. The molecule has 0 aromatic heterocycles. The molecule has 0 spiro atoms. The number of unbranched alkanes of at least 4 members (excludes halogenated alkanes) is 1. The van der Waals surface area contributed by atoms with Crippen LogP contribution in [0.4, 0.5) is 0 Å². The highest BCUT2D eigenvalue weighted by Gasteiger charge is 2.07. The molecule has 0 aliphatic rings. The Kier molecular flexibility index (Phi) is 11.4. The van der Waals surface area contributed by atoms with Crippen LogP contribution in [0.15, 0.2) is 42.5 Å². The van der Waals surface area contributed by atoms with Crippen molar-refractivity contribution in [2.45, 2.75) is 46.5 Å². The number of carbonyl (C=O) groups excluding carboxylic acids is 2. The molecule has 0 aliphatic heterocycles. The van der Waals surface area contributed by atoms with Gasteiger partial charge >= 0.3 is 11.9 Å². The van der Waals surface area contributed by atoms with Gasteiger partial charge in [-0.15, -0.1) is 0 Å². The van der Waals surface area contributed by atoms with Gasteiger partial charge in [0.05, 0.1) is 6.61 Å². The van der Waals surface area contributed by atoms with Crippen LogP contribution in [0.3, 0.4) is 0 Å². The van der Waals surface area contributed by atoms with Crippen LogP contribution in [0.5, 0.6) is 5.75 Å². The largest absolute Gasteiger partial charge is 0.493 e. The summed E-state index contributed by atoms with van der Waals surface area (Å²) in [4.78, 5) is 22.9. The lowest BCUT2D eigenvalue weighted by atomic mass is 10.0. The number of ether oxygens (including phenoxy) is 3. The Morgan fingerprint density at radius 1 is 1.11 bits per heavy atom. The molecule has 0 N–H and O–H groups in total.